The third-order valence-corrected chi connectivity index (χ3v) is 11.3. The lowest BCUT2D eigenvalue weighted by atomic mass is 9.67. The van der Waals surface area contributed by atoms with Crippen LogP contribution >= 0.6 is 0 Å². The standard InChI is InChI=1S/C51H33NO/c1-4-14-36(15-5-1)51(37-16-6-2-7-17-37)46-22-12-10-20-42(46)43-31-28-40(33-47(43)51)52(38-18-8-3-9-19-38)39-27-30-41-35(32-39)25-24-34-26-29-45-44-21-11-13-23-48(44)53-50(45)49(34)41/h1-33H. The van der Waals surface area contributed by atoms with Gasteiger partial charge in [0.1, 0.15) is 11.2 Å². The monoisotopic (exact) mass is 675 g/mol. The van der Waals surface area contributed by atoms with Crippen LogP contribution in [0.1, 0.15) is 22.3 Å². The highest BCUT2D eigenvalue weighted by Gasteiger charge is 2.46. The minimum absolute atomic E-state index is 0.479. The Morgan fingerprint density at radius 2 is 0.962 bits per heavy atom. The smallest absolute Gasteiger partial charge is 0.143 e. The van der Waals surface area contributed by atoms with E-state index in [0.29, 0.717) is 0 Å². The van der Waals surface area contributed by atoms with Crippen LogP contribution in [0.5, 0.6) is 0 Å². The van der Waals surface area contributed by atoms with Crippen molar-refractivity contribution in [2.75, 3.05) is 4.90 Å². The third-order valence-electron chi connectivity index (χ3n) is 11.3. The molecule has 1 aliphatic carbocycles. The SMILES string of the molecule is c1ccc(N(c2ccc3c(c2)C(c2ccccc2)(c2ccccc2)c2ccccc2-3)c2ccc3c(ccc4ccc5c6ccccc6oc5c43)c2)cc1. The van der Waals surface area contributed by atoms with Crippen LogP contribution in [-0.4, -0.2) is 0 Å². The highest BCUT2D eigenvalue weighted by Crippen LogP contribution is 2.57. The lowest BCUT2D eigenvalue weighted by Crippen LogP contribution is -2.28. The average Bonchev–Trinajstić information content (AvgIpc) is 3.76. The molecular formula is C51H33NO. The lowest BCUT2D eigenvalue weighted by molar-refractivity contribution is 0.673. The van der Waals surface area contributed by atoms with E-state index < -0.39 is 5.41 Å². The Kier molecular flexibility index (Phi) is 6.50. The molecule has 248 valence electrons. The molecule has 0 saturated heterocycles. The first-order valence-corrected chi connectivity index (χ1v) is 18.3. The average molecular weight is 676 g/mol. The van der Waals surface area contributed by atoms with E-state index in [1.807, 2.05) is 6.07 Å². The summed E-state index contributed by atoms with van der Waals surface area (Å²) in [6.07, 6.45) is 0. The molecule has 1 heterocycles. The molecule has 0 amide bonds. The van der Waals surface area contributed by atoms with Crippen LogP contribution in [0.2, 0.25) is 0 Å². The van der Waals surface area contributed by atoms with Crippen LogP contribution in [0.25, 0.3) is 54.6 Å². The van der Waals surface area contributed by atoms with Crippen LogP contribution < -0.4 is 4.90 Å². The van der Waals surface area contributed by atoms with Crippen LogP contribution in [-0.2, 0) is 5.41 Å². The molecule has 0 bridgehead atoms. The van der Waals surface area contributed by atoms with Crippen molar-refractivity contribution in [3.8, 4) is 11.1 Å². The maximum atomic E-state index is 6.54. The molecule has 0 aliphatic heterocycles. The van der Waals surface area contributed by atoms with Crippen molar-refractivity contribution >= 4 is 60.5 Å². The van der Waals surface area contributed by atoms with Gasteiger partial charge in [0.2, 0.25) is 0 Å². The number of anilines is 3. The topological polar surface area (TPSA) is 16.4 Å². The van der Waals surface area contributed by atoms with E-state index in [4.69, 9.17) is 4.42 Å². The molecule has 2 nitrogen and oxygen atoms in total. The Morgan fingerprint density at radius 3 is 1.75 bits per heavy atom. The van der Waals surface area contributed by atoms with Crippen LogP contribution in [0.4, 0.5) is 17.1 Å². The summed E-state index contributed by atoms with van der Waals surface area (Å²) >= 11 is 0. The van der Waals surface area contributed by atoms with Crippen molar-refractivity contribution in [3.63, 3.8) is 0 Å². The van der Waals surface area contributed by atoms with E-state index in [9.17, 15) is 0 Å². The first-order chi connectivity index (χ1) is 26.3. The highest BCUT2D eigenvalue weighted by molar-refractivity contribution is 6.23. The number of para-hydroxylation sites is 2. The van der Waals surface area contributed by atoms with E-state index in [1.54, 1.807) is 0 Å². The largest absolute Gasteiger partial charge is 0.455 e. The second-order valence-electron chi connectivity index (χ2n) is 14.0. The van der Waals surface area contributed by atoms with Gasteiger partial charge < -0.3 is 9.32 Å². The molecule has 0 spiro atoms. The fourth-order valence-corrected chi connectivity index (χ4v) is 9.05. The Morgan fingerprint density at radius 1 is 0.377 bits per heavy atom. The van der Waals surface area contributed by atoms with Crippen molar-refractivity contribution in [2.24, 2.45) is 0 Å². The second-order valence-corrected chi connectivity index (χ2v) is 14.0. The zero-order valence-corrected chi connectivity index (χ0v) is 28.9. The minimum Gasteiger partial charge on any atom is -0.455 e. The second kappa shape index (κ2) is 11.6. The number of benzene rings is 9. The fourth-order valence-electron chi connectivity index (χ4n) is 9.05. The molecule has 0 N–H and O–H groups in total. The number of hydrogen-bond donors (Lipinski definition) is 0. The maximum absolute atomic E-state index is 6.54. The van der Waals surface area contributed by atoms with Gasteiger partial charge in [-0.1, -0.05) is 152 Å². The molecule has 1 aliphatic rings. The number of hydrogen-bond acceptors (Lipinski definition) is 2. The van der Waals surface area contributed by atoms with E-state index in [0.717, 1.165) is 44.4 Å². The molecule has 53 heavy (non-hydrogen) atoms. The van der Waals surface area contributed by atoms with Gasteiger partial charge in [-0.2, -0.15) is 0 Å². The summed E-state index contributed by atoms with van der Waals surface area (Å²) in [5, 5.41) is 6.97. The summed E-state index contributed by atoms with van der Waals surface area (Å²) in [7, 11) is 0. The van der Waals surface area contributed by atoms with Crippen LogP contribution in [0, 0.1) is 0 Å². The first kappa shape index (κ1) is 29.8. The molecule has 0 saturated carbocycles. The molecular weight excluding hydrogens is 643 g/mol. The van der Waals surface area contributed by atoms with Crippen LogP contribution in [0.3, 0.4) is 0 Å². The number of furan rings is 1. The predicted octanol–water partition coefficient (Wildman–Crippen LogP) is 13.7. The molecule has 0 atom stereocenters. The van der Waals surface area contributed by atoms with Gasteiger partial charge in [0.05, 0.1) is 5.41 Å². The molecule has 9 aromatic carbocycles. The van der Waals surface area contributed by atoms with Crippen molar-refractivity contribution in [1.29, 1.82) is 0 Å². The molecule has 0 radical (unpaired) electrons. The molecule has 0 fully saturated rings. The predicted molar refractivity (Wildman–Crippen MR) is 221 cm³/mol. The molecule has 11 rings (SSSR count). The van der Waals surface area contributed by atoms with Gasteiger partial charge in [-0.05, 0) is 98.1 Å². The summed E-state index contributed by atoms with van der Waals surface area (Å²) in [5.41, 5.74) is 12.4. The van der Waals surface area contributed by atoms with Crippen molar-refractivity contribution in [1.82, 2.24) is 0 Å². The number of nitrogens with zero attached hydrogens (tertiary/aromatic N) is 1. The zero-order chi connectivity index (χ0) is 34.9. The third kappa shape index (κ3) is 4.33. The highest BCUT2D eigenvalue weighted by atomic mass is 16.3. The Labute approximate surface area is 307 Å². The summed E-state index contributed by atoms with van der Waals surface area (Å²) in [4.78, 5) is 2.40. The lowest BCUT2D eigenvalue weighted by Gasteiger charge is -2.35. The molecule has 10 aromatic rings. The summed E-state index contributed by atoms with van der Waals surface area (Å²) < 4.78 is 6.54. The van der Waals surface area contributed by atoms with Crippen molar-refractivity contribution in [3.05, 3.63) is 222 Å². The van der Waals surface area contributed by atoms with Gasteiger partial charge in [0, 0.05) is 33.2 Å². The molecule has 1 aromatic heterocycles. The van der Waals surface area contributed by atoms with E-state index in [1.165, 1.54) is 49.5 Å². The van der Waals surface area contributed by atoms with Crippen molar-refractivity contribution in [2.45, 2.75) is 5.41 Å². The van der Waals surface area contributed by atoms with E-state index in [-0.39, 0.29) is 0 Å². The van der Waals surface area contributed by atoms with Crippen LogP contribution in [0.15, 0.2) is 205 Å². The summed E-state index contributed by atoms with van der Waals surface area (Å²) in [5.74, 6) is 0. The van der Waals surface area contributed by atoms with Gasteiger partial charge >= 0.3 is 0 Å². The fraction of sp³-hybridized carbons (Fsp3) is 0.0196. The van der Waals surface area contributed by atoms with Gasteiger partial charge in [0.25, 0.3) is 0 Å². The number of fused-ring (bicyclic) bond motifs is 10. The van der Waals surface area contributed by atoms with Gasteiger partial charge in [0.15, 0.2) is 0 Å². The van der Waals surface area contributed by atoms with Gasteiger partial charge in [-0.25, -0.2) is 0 Å². The molecule has 2 heteroatoms. The Balaban J connectivity index is 1.15. The van der Waals surface area contributed by atoms with Gasteiger partial charge in [-0.3, -0.25) is 0 Å². The summed E-state index contributed by atoms with van der Waals surface area (Å²) in [6.45, 7) is 0. The Bertz CT molecular complexity index is 2960. The summed E-state index contributed by atoms with van der Waals surface area (Å²) in [6, 6.07) is 72.8. The normalized spacial score (nSPS) is 13.1. The van der Waals surface area contributed by atoms with E-state index in [2.05, 4.69) is 199 Å². The first-order valence-electron chi connectivity index (χ1n) is 18.3. The van der Waals surface area contributed by atoms with Gasteiger partial charge in [-0.15, -0.1) is 0 Å². The zero-order valence-electron chi connectivity index (χ0n) is 28.9. The maximum Gasteiger partial charge on any atom is 0.143 e. The van der Waals surface area contributed by atoms with Crippen molar-refractivity contribution < 1.29 is 4.42 Å². The molecule has 0 unspecified atom stereocenters. The van der Waals surface area contributed by atoms with E-state index >= 15 is 0 Å². The minimum atomic E-state index is -0.479. The number of rotatable bonds is 5. The quantitative estimate of drug-likeness (QED) is 0.169. The Hall–Kier alpha value is -6.90.